The first kappa shape index (κ1) is 19.6. The summed E-state index contributed by atoms with van der Waals surface area (Å²) in [7, 11) is 0. The van der Waals surface area contributed by atoms with E-state index in [9.17, 15) is 9.18 Å². The second kappa shape index (κ2) is 9.18. The van der Waals surface area contributed by atoms with Gasteiger partial charge in [0, 0.05) is 23.9 Å². The van der Waals surface area contributed by atoms with E-state index in [4.69, 9.17) is 5.10 Å². The van der Waals surface area contributed by atoms with Gasteiger partial charge >= 0.3 is 0 Å². The van der Waals surface area contributed by atoms with Crippen LogP contribution in [0.5, 0.6) is 0 Å². The number of rotatable bonds is 7. The van der Waals surface area contributed by atoms with E-state index in [1.54, 1.807) is 18.2 Å². The van der Waals surface area contributed by atoms with Crippen LogP contribution in [0, 0.1) is 5.82 Å². The third kappa shape index (κ3) is 4.81. The minimum atomic E-state index is -0.367. The van der Waals surface area contributed by atoms with E-state index in [2.05, 4.69) is 17.4 Å². The average molecular weight is 399 g/mol. The van der Waals surface area contributed by atoms with Crippen molar-refractivity contribution in [2.45, 2.75) is 19.5 Å². The number of aromatic nitrogens is 2. The highest BCUT2D eigenvalue weighted by Crippen LogP contribution is 2.22. The molecule has 5 heteroatoms. The van der Waals surface area contributed by atoms with Crippen LogP contribution in [0.1, 0.15) is 16.7 Å². The first-order valence-electron chi connectivity index (χ1n) is 9.85. The van der Waals surface area contributed by atoms with Gasteiger partial charge in [0.25, 0.3) is 0 Å². The van der Waals surface area contributed by atoms with E-state index in [0.717, 1.165) is 22.4 Å². The minimum Gasteiger partial charge on any atom is -0.352 e. The van der Waals surface area contributed by atoms with E-state index >= 15 is 0 Å². The van der Waals surface area contributed by atoms with Crippen LogP contribution in [0.4, 0.5) is 4.39 Å². The average Bonchev–Trinajstić information content (AvgIpc) is 3.18. The van der Waals surface area contributed by atoms with Crippen molar-refractivity contribution in [2.75, 3.05) is 0 Å². The molecule has 0 aliphatic carbocycles. The summed E-state index contributed by atoms with van der Waals surface area (Å²) in [5, 5.41) is 7.66. The molecule has 0 radical (unpaired) electrons. The SMILES string of the molecule is O=C(Cc1ccccc1F)NCc1cn(Cc2ccccc2)nc1-c1ccccc1. The van der Waals surface area contributed by atoms with E-state index in [-0.39, 0.29) is 18.1 Å². The standard InChI is InChI=1S/C25H22FN3O/c26-23-14-8-7-13-21(23)15-24(30)27-16-22-18-29(17-19-9-3-1-4-10-19)28-25(22)20-11-5-2-6-12-20/h1-14,18H,15-17H2,(H,27,30). The van der Waals surface area contributed by atoms with Crippen molar-refractivity contribution < 1.29 is 9.18 Å². The number of nitrogens with zero attached hydrogens (tertiary/aromatic N) is 2. The quantitative estimate of drug-likeness (QED) is 0.494. The monoisotopic (exact) mass is 399 g/mol. The molecule has 3 aromatic carbocycles. The number of hydrogen-bond donors (Lipinski definition) is 1. The molecule has 0 saturated carbocycles. The van der Waals surface area contributed by atoms with Crippen molar-refractivity contribution in [1.82, 2.24) is 15.1 Å². The molecule has 4 aromatic rings. The fraction of sp³-hybridized carbons (Fsp3) is 0.120. The lowest BCUT2D eigenvalue weighted by atomic mass is 10.1. The summed E-state index contributed by atoms with van der Waals surface area (Å²) in [4.78, 5) is 12.4. The van der Waals surface area contributed by atoms with Gasteiger partial charge in [0.15, 0.2) is 0 Å². The largest absolute Gasteiger partial charge is 0.352 e. The van der Waals surface area contributed by atoms with Crippen LogP contribution in [-0.4, -0.2) is 15.7 Å². The highest BCUT2D eigenvalue weighted by molar-refractivity contribution is 5.79. The molecule has 1 heterocycles. The first-order chi connectivity index (χ1) is 14.7. The summed E-state index contributed by atoms with van der Waals surface area (Å²) in [6.45, 7) is 0.968. The Labute approximate surface area is 175 Å². The molecule has 1 amide bonds. The minimum absolute atomic E-state index is 0.00545. The predicted octanol–water partition coefficient (Wildman–Crippen LogP) is 4.60. The molecule has 150 valence electrons. The van der Waals surface area contributed by atoms with Gasteiger partial charge in [-0.05, 0) is 17.2 Å². The molecule has 4 nitrogen and oxygen atoms in total. The van der Waals surface area contributed by atoms with Crippen molar-refractivity contribution >= 4 is 5.91 Å². The van der Waals surface area contributed by atoms with Crippen molar-refractivity contribution in [2.24, 2.45) is 0 Å². The Balaban J connectivity index is 1.52. The molecule has 0 bridgehead atoms. The van der Waals surface area contributed by atoms with Crippen LogP contribution < -0.4 is 5.32 Å². The molecule has 30 heavy (non-hydrogen) atoms. The van der Waals surface area contributed by atoms with E-state index < -0.39 is 0 Å². The topological polar surface area (TPSA) is 46.9 Å². The molecule has 0 aliphatic rings. The molecular weight excluding hydrogens is 377 g/mol. The summed E-state index contributed by atoms with van der Waals surface area (Å²) in [6, 6.07) is 26.3. The lowest BCUT2D eigenvalue weighted by molar-refractivity contribution is -0.120. The second-order valence-corrected chi connectivity index (χ2v) is 7.10. The molecular formula is C25H22FN3O. The van der Waals surface area contributed by atoms with Crippen LogP contribution in [-0.2, 0) is 24.3 Å². The molecule has 4 rings (SSSR count). The zero-order valence-corrected chi connectivity index (χ0v) is 16.5. The number of amides is 1. The van der Waals surface area contributed by atoms with Gasteiger partial charge in [0.1, 0.15) is 5.82 Å². The number of benzene rings is 3. The van der Waals surface area contributed by atoms with Crippen molar-refractivity contribution in [3.8, 4) is 11.3 Å². The number of hydrogen-bond acceptors (Lipinski definition) is 2. The highest BCUT2D eigenvalue weighted by atomic mass is 19.1. The number of carbonyl (C=O) groups is 1. The lowest BCUT2D eigenvalue weighted by Gasteiger charge is -2.06. The van der Waals surface area contributed by atoms with Gasteiger partial charge < -0.3 is 5.32 Å². The van der Waals surface area contributed by atoms with Crippen LogP contribution >= 0.6 is 0 Å². The number of nitrogens with one attached hydrogen (secondary N) is 1. The second-order valence-electron chi connectivity index (χ2n) is 7.10. The van der Waals surface area contributed by atoms with Gasteiger partial charge in [-0.2, -0.15) is 5.10 Å². The molecule has 0 saturated heterocycles. The van der Waals surface area contributed by atoms with Gasteiger partial charge in [-0.3, -0.25) is 9.48 Å². The molecule has 1 N–H and O–H groups in total. The zero-order chi connectivity index (χ0) is 20.8. The van der Waals surface area contributed by atoms with Gasteiger partial charge in [0.2, 0.25) is 5.91 Å². The molecule has 0 unspecified atom stereocenters. The Morgan fingerprint density at radius 2 is 1.53 bits per heavy atom. The summed E-state index contributed by atoms with van der Waals surface area (Å²) in [5.74, 6) is -0.594. The summed E-state index contributed by atoms with van der Waals surface area (Å²) >= 11 is 0. The third-order valence-electron chi connectivity index (χ3n) is 4.86. The smallest absolute Gasteiger partial charge is 0.224 e. The fourth-order valence-electron chi connectivity index (χ4n) is 3.35. The van der Waals surface area contributed by atoms with Crippen LogP contribution in [0.3, 0.4) is 0 Å². The Morgan fingerprint density at radius 1 is 0.867 bits per heavy atom. The maximum atomic E-state index is 13.8. The molecule has 0 aliphatic heterocycles. The Morgan fingerprint density at radius 3 is 2.27 bits per heavy atom. The van der Waals surface area contributed by atoms with Crippen LogP contribution in [0.15, 0.2) is 91.1 Å². The summed E-state index contributed by atoms with van der Waals surface area (Å²) in [5.41, 5.74) is 4.27. The van der Waals surface area contributed by atoms with Crippen molar-refractivity contribution in [3.05, 3.63) is 114 Å². The van der Waals surface area contributed by atoms with Gasteiger partial charge in [0.05, 0.1) is 18.7 Å². The molecule has 1 aromatic heterocycles. The maximum Gasteiger partial charge on any atom is 0.224 e. The molecule has 0 atom stereocenters. The van der Waals surface area contributed by atoms with Crippen molar-refractivity contribution in [1.29, 1.82) is 0 Å². The molecule has 0 spiro atoms. The summed E-state index contributed by atoms with van der Waals surface area (Å²) < 4.78 is 15.7. The maximum absolute atomic E-state index is 13.8. The number of halogens is 1. The van der Waals surface area contributed by atoms with Crippen LogP contribution in [0.2, 0.25) is 0 Å². The van der Waals surface area contributed by atoms with Gasteiger partial charge in [-0.15, -0.1) is 0 Å². The van der Waals surface area contributed by atoms with E-state index in [1.807, 2.05) is 59.4 Å². The highest BCUT2D eigenvalue weighted by Gasteiger charge is 2.13. The molecule has 0 fully saturated rings. The van der Waals surface area contributed by atoms with E-state index in [1.165, 1.54) is 6.07 Å². The summed E-state index contributed by atoms with van der Waals surface area (Å²) in [6.07, 6.45) is 1.96. The van der Waals surface area contributed by atoms with Gasteiger partial charge in [-0.1, -0.05) is 78.9 Å². The zero-order valence-electron chi connectivity index (χ0n) is 16.5. The van der Waals surface area contributed by atoms with Crippen LogP contribution in [0.25, 0.3) is 11.3 Å². The Bertz CT molecular complexity index is 1120. The first-order valence-corrected chi connectivity index (χ1v) is 9.85. The predicted molar refractivity (Wildman–Crippen MR) is 115 cm³/mol. The normalized spacial score (nSPS) is 10.7. The Hall–Kier alpha value is -3.73. The lowest BCUT2D eigenvalue weighted by Crippen LogP contribution is -2.25. The van der Waals surface area contributed by atoms with E-state index in [0.29, 0.717) is 18.7 Å². The Kier molecular flexibility index (Phi) is 5.99. The van der Waals surface area contributed by atoms with Crippen molar-refractivity contribution in [3.63, 3.8) is 0 Å². The van der Waals surface area contributed by atoms with Gasteiger partial charge in [-0.25, -0.2) is 4.39 Å². The fourth-order valence-corrected chi connectivity index (χ4v) is 3.35. The number of carbonyl (C=O) groups excluding carboxylic acids is 1. The third-order valence-corrected chi connectivity index (χ3v) is 4.86.